The van der Waals surface area contributed by atoms with Crippen molar-refractivity contribution in [3.05, 3.63) is 86.5 Å². The third-order valence-electron chi connectivity index (χ3n) is 9.22. The molecule has 3 rings (SSSR count). The number of rotatable bonds is 3. The van der Waals surface area contributed by atoms with Crippen LogP contribution in [0.4, 0.5) is 0 Å². The van der Waals surface area contributed by atoms with Gasteiger partial charge < -0.3 is 19.2 Å². The molecule has 0 fully saturated rings. The van der Waals surface area contributed by atoms with Gasteiger partial charge >= 0.3 is 391 Å². The van der Waals surface area contributed by atoms with Crippen LogP contribution in [0.25, 0.3) is 0 Å². The maximum Gasteiger partial charge on any atom is -0.159 e. The Morgan fingerprint density at radius 2 is 0.500 bits per heavy atom. The minimum absolute atomic E-state index is 0.00470. The largest absolute Gasteiger partial charge is 0.822 e. The minimum atomic E-state index is -5.39. The molecule has 0 saturated heterocycles. The summed E-state index contributed by atoms with van der Waals surface area (Å²) in [5, 5.41) is 31.5. The first-order chi connectivity index (χ1) is 24.7. The molecule has 0 radical (unpaired) electrons. The van der Waals surface area contributed by atoms with Crippen LogP contribution < -0.4 is 14.7 Å². The predicted octanol–water partition coefficient (Wildman–Crippen LogP) is 8.14. The molecule has 302 valence electrons. The topological polar surface area (TPSA) is 147 Å². The zero-order valence-corrected chi connectivity index (χ0v) is 45.6. The van der Waals surface area contributed by atoms with E-state index in [1.807, 2.05) is 0 Å². The first kappa shape index (κ1) is 56.9. The van der Waals surface area contributed by atoms with Crippen LogP contribution in [-0.2, 0) is 44.6 Å². The van der Waals surface area contributed by atoms with Crippen LogP contribution in [0.15, 0.2) is 36.4 Å². The number of aromatic hydroxyl groups is 3. The Morgan fingerprint density at radius 1 is 0.393 bits per heavy atom. The Kier molecular flexibility index (Phi) is 22.2. The van der Waals surface area contributed by atoms with E-state index in [2.05, 4.69) is 161 Å². The molecule has 0 amide bonds. The van der Waals surface area contributed by atoms with Gasteiger partial charge in [0.25, 0.3) is 0 Å². The molecule has 0 aliphatic carbocycles. The molecule has 3 aromatic carbocycles. The van der Waals surface area contributed by atoms with E-state index in [0.29, 0.717) is 17.2 Å². The van der Waals surface area contributed by atoms with E-state index in [-0.39, 0.29) is 32.5 Å². The molecule has 3 aromatic rings. The van der Waals surface area contributed by atoms with E-state index >= 15 is 0 Å². The molecule has 0 bridgehead atoms. The van der Waals surface area contributed by atoms with Crippen LogP contribution in [0, 0.1) is 0 Å². The molecule has 7 nitrogen and oxygen atoms in total. The van der Waals surface area contributed by atoms with Crippen molar-refractivity contribution in [1.29, 1.82) is 0 Å². The summed E-state index contributed by atoms with van der Waals surface area (Å²) in [6, 6.07) is 13.0. The standard InChI is InChI=1S/3C15H23O.3Ca.H3O4P/c3*1-10-8-11(14(2,3)4)13(16)12(9-10)15(5,6)7;;;;1-5(2,3)4/h3*8-9,16H,1H2,2-7H3;;;;(H3,1,2,3,4)/q;;;3*+1;/p-3. The van der Waals surface area contributed by atoms with Crippen molar-refractivity contribution in [2.45, 2.75) is 165 Å². The Hall–Kier alpha value is 0.949. The van der Waals surface area contributed by atoms with E-state index in [1.54, 1.807) is 0 Å². The number of phosphoric acid groups is 1. The van der Waals surface area contributed by atoms with Crippen LogP contribution in [-0.4, -0.2) is 123 Å². The monoisotopic (exact) mass is 872 g/mol. The fraction of sp³-hybridized carbons (Fsp3) is 0.600. The molecule has 0 aliphatic rings. The zero-order chi connectivity index (χ0) is 44.8. The fourth-order valence-electron chi connectivity index (χ4n) is 5.95. The average molecular weight is 873 g/mol. The summed E-state index contributed by atoms with van der Waals surface area (Å²) >= 11 is 3.79. The number of phenolic OH excluding ortho intramolecular Hbond substituents is 3. The van der Waals surface area contributed by atoms with Gasteiger partial charge in [-0.2, -0.15) is 7.82 Å². The van der Waals surface area contributed by atoms with E-state index < -0.39 is 7.82 Å². The molecular formula is C45H69Ca3O7P. The van der Waals surface area contributed by atoms with E-state index in [1.165, 1.54) is 124 Å². The van der Waals surface area contributed by atoms with E-state index in [0.717, 1.165) is 40.9 Å². The van der Waals surface area contributed by atoms with Crippen molar-refractivity contribution >= 4 is 115 Å². The minimum Gasteiger partial charge on any atom is -0.822 e. The summed E-state index contributed by atoms with van der Waals surface area (Å²) in [6.07, 6.45) is 0. The smallest absolute Gasteiger partial charge is 0.159 e. The van der Waals surface area contributed by atoms with Crippen LogP contribution in [0.5, 0.6) is 17.2 Å². The number of benzene rings is 3. The summed E-state index contributed by atoms with van der Waals surface area (Å²) in [5.41, 5.74) is 10.5. The maximum atomic E-state index is 10.5. The second kappa shape index (κ2) is 21.8. The Balaban J connectivity index is 0.000000762. The van der Waals surface area contributed by atoms with Gasteiger partial charge in [-0.1, -0.05) is 0 Å². The Labute approximate surface area is 412 Å². The van der Waals surface area contributed by atoms with Crippen LogP contribution in [0.3, 0.4) is 0 Å². The van der Waals surface area contributed by atoms with Gasteiger partial charge in [0, 0.05) is 0 Å². The summed E-state index contributed by atoms with van der Waals surface area (Å²) in [6.45, 7) is 38.8. The van der Waals surface area contributed by atoms with Gasteiger partial charge in [-0.25, -0.2) is 0 Å². The van der Waals surface area contributed by atoms with Crippen LogP contribution >= 0.6 is 7.82 Å². The normalized spacial score (nSPS) is 12.8. The van der Waals surface area contributed by atoms with Crippen molar-refractivity contribution in [3.8, 4) is 17.2 Å². The Morgan fingerprint density at radius 3 is 0.571 bits per heavy atom. The molecule has 0 spiro atoms. The second-order valence-electron chi connectivity index (χ2n) is 20.8. The van der Waals surface area contributed by atoms with E-state index in [9.17, 15) is 15.3 Å². The SMILES string of the molecule is CC(C)(C)c1cc([CH2][Ca+])cc(C(C)(C)C)c1O.CC(C)(C)c1cc([CH2][Ca+])cc(C(C)(C)C)c1O.CC(C)(C)c1cc([CH2][Ca+])cc(C(C)(C)C)c1O.O=P([O-])([O-])[O-]. The van der Waals surface area contributed by atoms with Crippen molar-refractivity contribution < 1.29 is 34.6 Å². The van der Waals surface area contributed by atoms with Gasteiger partial charge in [0.1, 0.15) is 0 Å². The van der Waals surface area contributed by atoms with Crippen molar-refractivity contribution in [3.63, 3.8) is 0 Å². The molecular weight excluding hydrogens is 804 g/mol. The number of phenols is 3. The van der Waals surface area contributed by atoms with Gasteiger partial charge in [0.05, 0.1) is 0 Å². The predicted molar refractivity (Wildman–Crippen MR) is 233 cm³/mol. The molecule has 0 saturated carbocycles. The molecule has 11 heteroatoms. The number of hydrogen-bond donors (Lipinski definition) is 3. The molecule has 3 N–H and O–H groups in total. The quantitative estimate of drug-likeness (QED) is 0.178. The van der Waals surface area contributed by atoms with Gasteiger partial charge in [-0.05, 0) is 0 Å². The first-order valence-corrected chi connectivity index (χ1v) is 25.6. The fourth-order valence-corrected chi connectivity index (χ4v) is 7.30. The Bertz CT molecular complexity index is 1480. The molecule has 0 unspecified atom stereocenters. The summed E-state index contributed by atoms with van der Waals surface area (Å²) in [4.78, 5) is 25.6. The molecule has 56 heavy (non-hydrogen) atoms. The second-order valence-corrected chi connectivity index (χ2v) is 24.1. The van der Waals surface area contributed by atoms with Crippen molar-refractivity contribution in [1.82, 2.24) is 0 Å². The summed E-state index contributed by atoms with van der Waals surface area (Å²) in [7, 11) is -5.39. The van der Waals surface area contributed by atoms with Gasteiger partial charge in [0.2, 0.25) is 0 Å². The average Bonchev–Trinajstić information content (AvgIpc) is 2.97. The molecule has 0 aromatic heterocycles. The van der Waals surface area contributed by atoms with Gasteiger partial charge in [-0.15, -0.1) is 0 Å². The molecule has 0 atom stereocenters. The van der Waals surface area contributed by atoms with Crippen molar-refractivity contribution in [2.24, 2.45) is 0 Å². The first-order valence-electron chi connectivity index (χ1n) is 19.4. The number of hydrogen-bond acceptors (Lipinski definition) is 7. The third kappa shape index (κ3) is 19.3. The maximum absolute atomic E-state index is 10.5. The summed E-state index contributed by atoms with van der Waals surface area (Å²) < 4.78 is 11.9. The van der Waals surface area contributed by atoms with Crippen LogP contribution in [0.1, 0.15) is 175 Å². The van der Waals surface area contributed by atoms with E-state index in [4.69, 9.17) is 19.2 Å². The van der Waals surface area contributed by atoms with Crippen LogP contribution in [0.2, 0.25) is 0 Å². The molecule has 0 aliphatic heterocycles. The third-order valence-corrected chi connectivity index (χ3v) is 11.9. The van der Waals surface area contributed by atoms with Gasteiger partial charge in [0.15, 0.2) is 0 Å². The van der Waals surface area contributed by atoms with Crippen molar-refractivity contribution in [2.75, 3.05) is 0 Å². The summed E-state index contributed by atoms with van der Waals surface area (Å²) in [5.74, 6) is 1.46. The molecule has 0 heterocycles. The van der Waals surface area contributed by atoms with Gasteiger partial charge in [-0.3, -0.25) is 0 Å². The zero-order valence-electron chi connectivity index (χ0n) is 38.1.